The van der Waals surface area contributed by atoms with Crippen LogP contribution in [0.2, 0.25) is 0 Å². The Balaban J connectivity index is 1.31. The molecule has 2 amide bonds. The van der Waals surface area contributed by atoms with E-state index in [1.807, 2.05) is 4.90 Å². The maximum atomic E-state index is 11.8. The van der Waals surface area contributed by atoms with E-state index in [0.29, 0.717) is 17.9 Å². The van der Waals surface area contributed by atoms with Crippen molar-refractivity contribution in [3.63, 3.8) is 0 Å². The highest BCUT2D eigenvalue weighted by atomic mass is 16.5. The average molecular weight is 347 g/mol. The van der Waals surface area contributed by atoms with Gasteiger partial charge < -0.3 is 15.2 Å². The fourth-order valence-corrected chi connectivity index (χ4v) is 4.42. The van der Waals surface area contributed by atoms with Crippen LogP contribution in [0.25, 0.3) is 0 Å². The number of nitrogens with two attached hydrogens (primary N) is 1. The topological polar surface area (TPSA) is 88.5 Å². The molecule has 7 heteroatoms. The van der Waals surface area contributed by atoms with Crippen LogP contribution < -0.4 is 5.73 Å². The van der Waals surface area contributed by atoms with Crippen molar-refractivity contribution in [1.82, 2.24) is 19.9 Å². The van der Waals surface area contributed by atoms with Crippen LogP contribution in [0.5, 0.6) is 0 Å². The van der Waals surface area contributed by atoms with Gasteiger partial charge in [-0.05, 0) is 57.5 Å². The molecule has 0 spiro atoms. The largest absolute Gasteiger partial charge is 0.351 e. The van der Waals surface area contributed by atoms with E-state index < -0.39 is 0 Å². The smallest absolute Gasteiger partial charge is 0.315 e. The minimum atomic E-state index is -0.243. The number of nitrogens with zero attached hydrogens (tertiary/aromatic N) is 4. The molecule has 3 heterocycles. The first-order valence-electron chi connectivity index (χ1n) is 9.81. The minimum absolute atomic E-state index is 0.243. The monoisotopic (exact) mass is 347 g/mol. The van der Waals surface area contributed by atoms with Crippen LogP contribution in [0.15, 0.2) is 4.52 Å². The number of hydrogen-bond acceptors (Lipinski definition) is 5. The van der Waals surface area contributed by atoms with Gasteiger partial charge in [0, 0.05) is 18.5 Å². The maximum Gasteiger partial charge on any atom is 0.315 e. The Bertz CT molecular complexity index is 592. The second kappa shape index (κ2) is 7.32. The third-order valence-corrected chi connectivity index (χ3v) is 6.04. The summed E-state index contributed by atoms with van der Waals surface area (Å²) in [6, 6.07) is 0.0832. The summed E-state index contributed by atoms with van der Waals surface area (Å²) >= 11 is 0. The van der Waals surface area contributed by atoms with Crippen molar-refractivity contribution < 1.29 is 9.32 Å². The van der Waals surface area contributed by atoms with Gasteiger partial charge in [0.05, 0.1) is 6.54 Å². The van der Waals surface area contributed by atoms with E-state index in [2.05, 4.69) is 15.0 Å². The zero-order chi connectivity index (χ0) is 17.2. The van der Waals surface area contributed by atoms with Crippen molar-refractivity contribution in [3.8, 4) is 0 Å². The van der Waals surface area contributed by atoms with E-state index in [-0.39, 0.29) is 6.03 Å². The molecule has 1 atom stereocenters. The number of piperidine rings is 1. The Morgan fingerprint density at radius 2 is 1.88 bits per heavy atom. The first-order chi connectivity index (χ1) is 12.2. The molecular weight excluding hydrogens is 318 g/mol. The van der Waals surface area contributed by atoms with Gasteiger partial charge in [-0.2, -0.15) is 4.98 Å². The molecule has 1 aliphatic carbocycles. The number of urea groups is 1. The van der Waals surface area contributed by atoms with Crippen molar-refractivity contribution in [2.75, 3.05) is 19.6 Å². The van der Waals surface area contributed by atoms with Gasteiger partial charge in [0.15, 0.2) is 5.82 Å². The second-order valence-electron chi connectivity index (χ2n) is 7.88. The summed E-state index contributed by atoms with van der Waals surface area (Å²) in [5.74, 6) is 2.74. The number of primary amides is 1. The molecule has 2 saturated heterocycles. The van der Waals surface area contributed by atoms with Gasteiger partial charge in [-0.15, -0.1) is 0 Å². The van der Waals surface area contributed by atoms with Crippen LogP contribution in [0.4, 0.5) is 4.79 Å². The molecule has 1 saturated carbocycles. The van der Waals surface area contributed by atoms with Crippen LogP contribution in [0.1, 0.15) is 69.0 Å². The summed E-state index contributed by atoms with van der Waals surface area (Å²) < 4.78 is 5.40. The lowest BCUT2D eigenvalue weighted by Crippen LogP contribution is -2.49. The number of hydrogen-bond donors (Lipinski definition) is 1. The third-order valence-electron chi connectivity index (χ3n) is 6.04. The van der Waals surface area contributed by atoms with Gasteiger partial charge in [-0.3, -0.25) is 4.90 Å². The lowest BCUT2D eigenvalue weighted by atomic mass is 9.86. The van der Waals surface area contributed by atoms with E-state index >= 15 is 0 Å². The van der Waals surface area contributed by atoms with E-state index in [4.69, 9.17) is 10.3 Å². The molecule has 2 N–H and O–H groups in total. The van der Waals surface area contributed by atoms with Crippen LogP contribution in [0.3, 0.4) is 0 Å². The zero-order valence-electron chi connectivity index (χ0n) is 14.9. The fraction of sp³-hybridized carbons (Fsp3) is 0.833. The molecule has 1 aromatic heterocycles. The lowest BCUT2D eigenvalue weighted by Gasteiger charge is -2.39. The minimum Gasteiger partial charge on any atom is -0.351 e. The molecule has 0 radical (unpaired) electrons. The molecule has 2 aliphatic heterocycles. The number of amides is 2. The molecular formula is C18H29N5O2. The Hall–Kier alpha value is -1.63. The normalized spacial score (nSPS) is 26.6. The highest BCUT2D eigenvalue weighted by molar-refractivity contribution is 5.72. The summed E-state index contributed by atoms with van der Waals surface area (Å²) in [5, 5.41) is 4.10. The van der Waals surface area contributed by atoms with Crippen molar-refractivity contribution in [3.05, 3.63) is 11.7 Å². The standard InChI is InChI=1S/C18H29N5O2/c19-18(24)23-9-3-1-2-4-15(23)13-7-10-22(11-8-13)12-16-20-17(21-25-16)14-5-6-14/h13-15H,1-12H2,(H2,19,24)/t15-/m0/s1. The molecule has 0 unspecified atom stereocenters. The number of likely N-dealkylation sites (tertiary alicyclic amines) is 2. The summed E-state index contributed by atoms with van der Waals surface area (Å²) in [5.41, 5.74) is 5.64. The first-order valence-corrected chi connectivity index (χ1v) is 9.81. The molecule has 1 aromatic rings. The average Bonchev–Trinajstić information content (AvgIpc) is 3.40. The molecule has 3 fully saturated rings. The Labute approximate surface area is 148 Å². The molecule has 0 bridgehead atoms. The highest BCUT2D eigenvalue weighted by Gasteiger charge is 2.34. The summed E-state index contributed by atoms with van der Waals surface area (Å²) in [6.07, 6.45) is 9.21. The van der Waals surface area contributed by atoms with Gasteiger partial charge in [0.25, 0.3) is 0 Å². The fourth-order valence-electron chi connectivity index (χ4n) is 4.42. The van der Waals surface area contributed by atoms with Crippen LogP contribution in [-0.2, 0) is 6.54 Å². The van der Waals surface area contributed by atoms with Crippen LogP contribution >= 0.6 is 0 Å². The highest BCUT2D eigenvalue weighted by Crippen LogP contribution is 2.38. The van der Waals surface area contributed by atoms with E-state index in [1.165, 1.54) is 25.7 Å². The summed E-state index contributed by atoms with van der Waals surface area (Å²) in [4.78, 5) is 20.7. The van der Waals surface area contributed by atoms with Crippen molar-refractivity contribution in [2.45, 2.75) is 69.9 Å². The van der Waals surface area contributed by atoms with Gasteiger partial charge in [0.1, 0.15) is 0 Å². The van der Waals surface area contributed by atoms with Crippen molar-refractivity contribution >= 4 is 6.03 Å². The van der Waals surface area contributed by atoms with Crippen molar-refractivity contribution in [1.29, 1.82) is 0 Å². The van der Waals surface area contributed by atoms with Gasteiger partial charge >= 0.3 is 6.03 Å². The molecule has 4 rings (SSSR count). The van der Waals surface area contributed by atoms with Crippen LogP contribution in [-0.4, -0.2) is 51.6 Å². The molecule has 3 aliphatic rings. The quantitative estimate of drug-likeness (QED) is 0.904. The van der Waals surface area contributed by atoms with Crippen LogP contribution in [0, 0.1) is 5.92 Å². The number of rotatable bonds is 4. The molecule has 25 heavy (non-hydrogen) atoms. The molecule has 7 nitrogen and oxygen atoms in total. The molecule has 0 aromatic carbocycles. The maximum absolute atomic E-state index is 11.8. The number of carbonyl (C=O) groups is 1. The Kier molecular flexibility index (Phi) is 4.92. The van der Waals surface area contributed by atoms with E-state index in [9.17, 15) is 4.79 Å². The lowest BCUT2D eigenvalue weighted by molar-refractivity contribution is 0.0962. The predicted molar refractivity (Wildman–Crippen MR) is 92.8 cm³/mol. The SMILES string of the molecule is NC(=O)N1CCCCC[C@H]1C1CCN(Cc2nc(C3CC3)no2)CC1. The van der Waals surface area contributed by atoms with Crippen molar-refractivity contribution in [2.24, 2.45) is 11.7 Å². The number of aromatic nitrogens is 2. The van der Waals surface area contributed by atoms with Gasteiger partial charge in [0.2, 0.25) is 5.89 Å². The van der Waals surface area contributed by atoms with Gasteiger partial charge in [-0.1, -0.05) is 18.0 Å². The predicted octanol–water partition coefficient (Wildman–Crippen LogP) is 2.48. The van der Waals surface area contributed by atoms with Gasteiger partial charge in [-0.25, -0.2) is 4.79 Å². The second-order valence-corrected chi connectivity index (χ2v) is 7.88. The zero-order valence-corrected chi connectivity index (χ0v) is 14.9. The third kappa shape index (κ3) is 3.97. The molecule has 138 valence electrons. The van der Waals surface area contributed by atoms with E-state index in [1.54, 1.807) is 0 Å². The first kappa shape index (κ1) is 16.8. The summed E-state index contributed by atoms with van der Waals surface area (Å²) in [7, 11) is 0. The Morgan fingerprint density at radius 3 is 2.60 bits per heavy atom. The number of carbonyl (C=O) groups excluding carboxylic acids is 1. The summed E-state index contributed by atoms with van der Waals surface area (Å²) in [6.45, 7) is 3.62. The Morgan fingerprint density at radius 1 is 1.08 bits per heavy atom. The van der Waals surface area contributed by atoms with E-state index in [0.717, 1.165) is 63.6 Å².